The minimum Gasteiger partial charge on any atom is -0.350 e. The molecule has 0 aliphatic carbocycles. The molecule has 0 atom stereocenters. The summed E-state index contributed by atoms with van der Waals surface area (Å²) in [6, 6.07) is 9.78. The third-order valence-corrected chi connectivity index (χ3v) is 6.70. The van der Waals surface area contributed by atoms with E-state index < -0.39 is 21.7 Å². The van der Waals surface area contributed by atoms with Crippen molar-refractivity contribution in [2.24, 2.45) is 0 Å². The first-order valence-electron chi connectivity index (χ1n) is 9.91. The minimum atomic E-state index is -3.68. The Morgan fingerprint density at radius 3 is 2.42 bits per heavy atom. The first kappa shape index (κ1) is 24.3. The summed E-state index contributed by atoms with van der Waals surface area (Å²) in [5.41, 5.74) is 1.64. The third-order valence-electron chi connectivity index (χ3n) is 4.45. The fourth-order valence-corrected chi connectivity index (χ4v) is 4.73. The van der Waals surface area contributed by atoms with Crippen LogP contribution in [0.15, 0.2) is 47.4 Å². The molecule has 2 aromatic carbocycles. The highest BCUT2D eigenvalue weighted by Gasteiger charge is 2.18. The van der Waals surface area contributed by atoms with Crippen molar-refractivity contribution in [3.63, 3.8) is 0 Å². The van der Waals surface area contributed by atoms with Crippen LogP contribution in [0.25, 0.3) is 10.4 Å². The maximum atomic E-state index is 14.3. The highest BCUT2D eigenvalue weighted by molar-refractivity contribution is 7.90. The predicted octanol–water partition coefficient (Wildman–Crippen LogP) is 4.44. The molecule has 0 saturated carbocycles. The molecule has 174 valence electrons. The third kappa shape index (κ3) is 5.93. The SMILES string of the molecule is Cc1nc(NC(=O)Nc2ccccc2C(=O)NC(C)C)sc1-c1ccc(S(C)(=O)=O)c(F)c1. The molecule has 0 unspecified atom stereocenters. The van der Waals surface area contributed by atoms with Crippen LogP contribution < -0.4 is 16.0 Å². The number of para-hydroxylation sites is 1. The van der Waals surface area contributed by atoms with E-state index in [1.54, 1.807) is 31.2 Å². The van der Waals surface area contributed by atoms with Crippen molar-refractivity contribution in [2.45, 2.75) is 31.7 Å². The van der Waals surface area contributed by atoms with Gasteiger partial charge in [-0.05, 0) is 50.6 Å². The van der Waals surface area contributed by atoms with Crippen molar-refractivity contribution < 1.29 is 22.4 Å². The lowest BCUT2D eigenvalue weighted by Crippen LogP contribution is -2.31. The first-order valence-corrected chi connectivity index (χ1v) is 12.6. The molecular weight excluding hydrogens is 467 g/mol. The second kappa shape index (κ2) is 9.67. The molecule has 11 heteroatoms. The van der Waals surface area contributed by atoms with Gasteiger partial charge in [0.15, 0.2) is 15.0 Å². The number of carbonyl (C=O) groups is 2. The van der Waals surface area contributed by atoms with Crippen molar-refractivity contribution in [3.8, 4) is 10.4 Å². The number of hydrogen-bond acceptors (Lipinski definition) is 6. The van der Waals surface area contributed by atoms with Crippen LogP contribution >= 0.6 is 11.3 Å². The summed E-state index contributed by atoms with van der Waals surface area (Å²) in [7, 11) is -3.68. The van der Waals surface area contributed by atoms with E-state index in [1.165, 1.54) is 12.1 Å². The lowest BCUT2D eigenvalue weighted by molar-refractivity contribution is 0.0944. The number of thiazole rings is 1. The summed E-state index contributed by atoms with van der Waals surface area (Å²) in [6.45, 7) is 5.37. The predicted molar refractivity (Wildman–Crippen MR) is 127 cm³/mol. The molecule has 3 amide bonds. The number of nitrogens with zero attached hydrogens (tertiary/aromatic N) is 1. The molecular formula is C22H23FN4O4S2. The summed E-state index contributed by atoms with van der Waals surface area (Å²) in [5.74, 6) is -1.17. The lowest BCUT2D eigenvalue weighted by atomic mass is 10.1. The van der Waals surface area contributed by atoms with Gasteiger partial charge in [-0.2, -0.15) is 0 Å². The van der Waals surface area contributed by atoms with Crippen LogP contribution in [0.3, 0.4) is 0 Å². The Kier molecular flexibility index (Phi) is 7.13. The molecule has 0 aliphatic heterocycles. The molecule has 0 bridgehead atoms. The van der Waals surface area contributed by atoms with Gasteiger partial charge in [-0.15, -0.1) is 0 Å². The van der Waals surface area contributed by atoms with Gasteiger partial charge >= 0.3 is 6.03 Å². The maximum Gasteiger partial charge on any atom is 0.325 e. The van der Waals surface area contributed by atoms with Crippen molar-refractivity contribution >= 4 is 43.9 Å². The molecule has 0 fully saturated rings. The van der Waals surface area contributed by atoms with Gasteiger partial charge < -0.3 is 10.6 Å². The number of halogens is 1. The number of sulfone groups is 1. The standard InChI is InChI=1S/C22H23FN4O4S2/c1-12(2)24-20(28)15-7-5-6-8-17(15)26-21(29)27-22-25-13(3)19(32-22)14-9-10-18(16(23)11-14)33(4,30)31/h5-12H,1-4H3,(H,24,28)(H2,25,26,27,29). The molecule has 8 nitrogen and oxygen atoms in total. The Labute approximate surface area is 195 Å². The topological polar surface area (TPSA) is 117 Å². The summed E-state index contributed by atoms with van der Waals surface area (Å²) in [4.78, 5) is 29.4. The normalized spacial score (nSPS) is 11.3. The molecule has 0 saturated heterocycles. The lowest BCUT2D eigenvalue weighted by Gasteiger charge is -2.13. The van der Waals surface area contributed by atoms with E-state index >= 15 is 0 Å². The van der Waals surface area contributed by atoms with E-state index in [1.807, 2.05) is 13.8 Å². The van der Waals surface area contributed by atoms with E-state index in [9.17, 15) is 22.4 Å². The molecule has 1 aromatic heterocycles. The van der Waals surface area contributed by atoms with Gasteiger partial charge in [-0.25, -0.2) is 22.6 Å². The maximum absolute atomic E-state index is 14.3. The summed E-state index contributed by atoms with van der Waals surface area (Å²) in [6.07, 6.45) is 0.939. The zero-order valence-electron chi connectivity index (χ0n) is 18.4. The van der Waals surface area contributed by atoms with Crippen LogP contribution in [-0.4, -0.2) is 37.6 Å². The Morgan fingerprint density at radius 1 is 1.09 bits per heavy atom. The van der Waals surface area contributed by atoms with Gasteiger partial charge in [0.1, 0.15) is 10.7 Å². The van der Waals surface area contributed by atoms with Crippen LogP contribution in [0, 0.1) is 12.7 Å². The Hall–Kier alpha value is -3.31. The molecule has 3 N–H and O–H groups in total. The number of urea groups is 1. The smallest absolute Gasteiger partial charge is 0.325 e. The van der Waals surface area contributed by atoms with Crippen molar-refractivity contribution in [1.29, 1.82) is 0 Å². The van der Waals surface area contributed by atoms with Gasteiger partial charge in [0.25, 0.3) is 5.91 Å². The van der Waals surface area contributed by atoms with E-state index in [4.69, 9.17) is 0 Å². The fourth-order valence-electron chi connectivity index (χ4n) is 3.04. The Balaban J connectivity index is 1.78. The number of anilines is 2. The quantitative estimate of drug-likeness (QED) is 0.472. The number of amides is 3. The van der Waals surface area contributed by atoms with E-state index in [-0.39, 0.29) is 22.0 Å². The van der Waals surface area contributed by atoms with Gasteiger partial charge in [0, 0.05) is 12.3 Å². The van der Waals surface area contributed by atoms with Gasteiger partial charge in [0.05, 0.1) is 21.8 Å². The van der Waals surface area contributed by atoms with Crippen molar-refractivity contribution in [3.05, 3.63) is 59.5 Å². The van der Waals surface area contributed by atoms with Gasteiger partial charge in [-0.1, -0.05) is 29.5 Å². The number of aromatic nitrogens is 1. The molecule has 0 radical (unpaired) electrons. The summed E-state index contributed by atoms with van der Waals surface area (Å²) in [5, 5.41) is 8.30. The zero-order chi connectivity index (χ0) is 24.3. The highest BCUT2D eigenvalue weighted by Crippen LogP contribution is 2.34. The van der Waals surface area contributed by atoms with Crippen LogP contribution in [0.5, 0.6) is 0 Å². The number of nitrogens with one attached hydrogen (secondary N) is 3. The minimum absolute atomic E-state index is 0.0626. The highest BCUT2D eigenvalue weighted by atomic mass is 32.2. The summed E-state index contributed by atoms with van der Waals surface area (Å²) < 4.78 is 37.6. The average molecular weight is 491 g/mol. The van der Waals surface area contributed by atoms with Gasteiger partial charge in [-0.3, -0.25) is 10.1 Å². The largest absolute Gasteiger partial charge is 0.350 e. The van der Waals surface area contributed by atoms with E-state index in [2.05, 4.69) is 20.9 Å². The number of carbonyl (C=O) groups excluding carboxylic acids is 2. The second-order valence-corrected chi connectivity index (χ2v) is 10.6. The number of benzene rings is 2. The van der Waals surface area contributed by atoms with Crippen LogP contribution in [0.2, 0.25) is 0 Å². The Morgan fingerprint density at radius 2 is 1.79 bits per heavy atom. The van der Waals surface area contributed by atoms with E-state index in [0.29, 0.717) is 27.4 Å². The Bertz CT molecular complexity index is 1320. The first-order chi connectivity index (χ1) is 15.5. The second-order valence-electron chi connectivity index (χ2n) is 7.60. The fraction of sp³-hybridized carbons (Fsp3) is 0.227. The number of rotatable bonds is 6. The van der Waals surface area contributed by atoms with Crippen LogP contribution in [0.4, 0.5) is 20.0 Å². The van der Waals surface area contributed by atoms with Crippen LogP contribution in [-0.2, 0) is 9.84 Å². The average Bonchev–Trinajstić information content (AvgIpc) is 3.06. The van der Waals surface area contributed by atoms with E-state index in [0.717, 1.165) is 23.7 Å². The number of aryl methyl sites for hydroxylation is 1. The molecule has 3 aromatic rings. The monoisotopic (exact) mass is 490 g/mol. The van der Waals surface area contributed by atoms with Crippen molar-refractivity contribution in [1.82, 2.24) is 10.3 Å². The molecule has 33 heavy (non-hydrogen) atoms. The molecule has 3 rings (SSSR count). The molecule has 0 aliphatic rings. The van der Waals surface area contributed by atoms with Crippen LogP contribution in [0.1, 0.15) is 29.9 Å². The molecule has 1 heterocycles. The zero-order valence-corrected chi connectivity index (χ0v) is 20.0. The summed E-state index contributed by atoms with van der Waals surface area (Å²) >= 11 is 1.11. The number of hydrogen-bond donors (Lipinski definition) is 3. The molecule has 0 spiro atoms. The van der Waals surface area contributed by atoms with Crippen molar-refractivity contribution in [2.75, 3.05) is 16.9 Å². The van der Waals surface area contributed by atoms with Gasteiger partial charge in [0.2, 0.25) is 0 Å².